The molecule has 1 heterocycles. The molecular weight excluding hydrogens is 224 g/mol. The molecule has 0 spiro atoms. The summed E-state index contributed by atoms with van der Waals surface area (Å²) in [6.07, 6.45) is 5.11. The highest BCUT2D eigenvalue weighted by Crippen LogP contribution is 2.58. The van der Waals surface area contributed by atoms with Crippen LogP contribution in [0.1, 0.15) is 25.7 Å². The number of carbonyl (C=O) groups excluding carboxylic acids is 1. The van der Waals surface area contributed by atoms with Crippen LogP contribution in [0.5, 0.6) is 0 Å². The maximum atomic E-state index is 12.2. The Kier molecular flexibility index (Phi) is 3.45. The lowest BCUT2D eigenvalue weighted by molar-refractivity contribution is -0.132. The summed E-state index contributed by atoms with van der Waals surface area (Å²) in [6, 6.07) is 0.535. The van der Waals surface area contributed by atoms with E-state index in [4.69, 9.17) is 0 Å². The Labute approximate surface area is 103 Å². The van der Waals surface area contributed by atoms with Crippen LogP contribution in [0.3, 0.4) is 0 Å². The molecule has 2 saturated carbocycles. The summed E-state index contributed by atoms with van der Waals surface area (Å²) in [4.78, 5) is 14.3. The van der Waals surface area contributed by atoms with Crippen LogP contribution >= 0.6 is 12.4 Å². The van der Waals surface area contributed by atoms with Crippen LogP contribution in [0, 0.1) is 17.8 Å². The van der Waals surface area contributed by atoms with E-state index >= 15 is 0 Å². The molecule has 0 bridgehead atoms. The van der Waals surface area contributed by atoms with Crippen molar-refractivity contribution in [1.82, 2.24) is 10.2 Å². The van der Waals surface area contributed by atoms with Crippen molar-refractivity contribution in [3.63, 3.8) is 0 Å². The van der Waals surface area contributed by atoms with Crippen LogP contribution in [0.4, 0.5) is 0 Å². The molecule has 3 rings (SSSR count). The third kappa shape index (κ3) is 1.84. The van der Waals surface area contributed by atoms with Crippen molar-refractivity contribution in [2.75, 3.05) is 20.1 Å². The fourth-order valence-electron chi connectivity index (χ4n) is 3.59. The zero-order valence-corrected chi connectivity index (χ0v) is 10.6. The van der Waals surface area contributed by atoms with Gasteiger partial charge in [-0.1, -0.05) is 6.42 Å². The molecule has 3 unspecified atom stereocenters. The summed E-state index contributed by atoms with van der Waals surface area (Å²) in [5.41, 5.74) is 0. The molecule has 0 aromatic rings. The van der Waals surface area contributed by atoms with Crippen molar-refractivity contribution < 1.29 is 4.79 Å². The van der Waals surface area contributed by atoms with E-state index in [1.165, 1.54) is 19.3 Å². The van der Waals surface area contributed by atoms with Crippen molar-refractivity contribution in [3.05, 3.63) is 0 Å². The second kappa shape index (κ2) is 4.53. The number of nitrogens with zero attached hydrogens (tertiary/aromatic N) is 1. The fraction of sp³-hybridized carbons (Fsp3) is 0.917. The number of halogens is 1. The van der Waals surface area contributed by atoms with Crippen molar-refractivity contribution in [1.29, 1.82) is 0 Å². The highest BCUT2D eigenvalue weighted by molar-refractivity contribution is 5.85. The van der Waals surface area contributed by atoms with Crippen molar-refractivity contribution >= 4 is 18.3 Å². The third-order valence-corrected chi connectivity index (χ3v) is 4.60. The predicted molar refractivity (Wildman–Crippen MR) is 65.6 cm³/mol. The highest BCUT2D eigenvalue weighted by Gasteiger charge is 2.57. The molecule has 3 atom stereocenters. The number of hydrogen-bond acceptors (Lipinski definition) is 2. The number of amides is 1. The van der Waals surface area contributed by atoms with E-state index in [1.54, 1.807) is 0 Å². The lowest BCUT2D eigenvalue weighted by Gasteiger charge is -2.17. The Morgan fingerprint density at radius 3 is 2.50 bits per heavy atom. The van der Waals surface area contributed by atoms with Crippen molar-refractivity contribution in [2.24, 2.45) is 17.8 Å². The molecule has 3 fully saturated rings. The van der Waals surface area contributed by atoms with Crippen molar-refractivity contribution in [3.8, 4) is 0 Å². The minimum Gasteiger partial charge on any atom is -0.341 e. The summed E-state index contributed by atoms with van der Waals surface area (Å²) in [6.45, 7) is 1.91. The first kappa shape index (κ1) is 12.2. The molecule has 0 aromatic carbocycles. The van der Waals surface area contributed by atoms with Gasteiger partial charge in [-0.3, -0.25) is 4.79 Å². The van der Waals surface area contributed by atoms with Crippen LogP contribution in [-0.4, -0.2) is 37.0 Å². The number of rotatable bonds is 2. The van der Waals surface area contributed by atoms with Crippen LogP contribution in [0.2, 0.25) is 0 Å². The molecule has 4 heteroatoms. The van der Waals surface area contributed by atoms with Gasteiger partial charge in [0.1, 0.15) is 0 Å². The third-order valence-electron chi connectivity index (χ3n) is 4.60. The minimum atomic E-state index is 0. The van der Waals surface area contributed by atoms with Gasteiger partial charge in [0, 0.05) is 25.0 Å². The summed E-state index contributed by atoms with van der Waals surface area (Å²) in [5, 5.41) is 3.26. The number of carbonyl (C=O) groups is 1. The second-order valence-electron chi connectivity index (χ2n) is 5.34. The van der Waals surface area contributed by atoms with Gasteiger partial charge in [0.05, 0.1) is 0 Å². The lowest BCUT2D eigenvalue weighted by Crippen LogP contribution is -2.35. The first-order valence-electron chi connectivity index (χ1n) is 6.27. The van der Waals surface area contributed by atoms with E-state index < -0.39 is 0 Å². The van der Waals surface area contributed by atoms with E-state index in [1.807, 2.05) is 7.05 Å². The maximum absolute atomic E-state index is 12.2. The zero-order valence-electron chi connectivity index (χ0n) is 9.82. The first-order chi connectivity index (χ1) is 7.31. The van der Waals surface area contributed by atoms with Crippen LogP contribution < -0.4 is 5.32 Å². The number of fused-ring (bicyclic) bond motifs is 1. The van der Waals surface area contributed by atoms with Gasteiger partial charge < -0.3 is 10.2 Å². The summed E-state index contributed by atoms with van der Waals surface area (Å²) < 4.78 is 0. The quantitative estimate of drug-likeness (QED) is 0.794. The molecule has 16 heavy (non-hydrogen) atoms. The van der Waals surface area contributed by atoms with Gasteiger partial charge in [-0.25, -0.2) is 0 Å². The molecule has 0 aromatic heterocycles. The lowest BCUT2D eigenvalue weighted by atomic mass is 10.1. The smallest absolute Gasteiger partial charge is 0.226 e. The molecule has 3 aliphatic rings. The molecule has 1 saturated heterocycles. The highest BCUT2D eigenvalue weighted by atomic mass is 35.5. The summed E-state index contributed by atoms with van der Waals surface area (Å²) >= 11 is 0. The van der Waals surface area contributed by atoms with E-state index in [-0.39, 0.29) is 12.4 Å². The molecule has 1 N–H and O–H groups in total. The number of nitrogens with one attached hydrogen (secondary N) is 1. The minimum absolute atomic E-state index is 0. The SMILES string of the molecule is CNC1CCN(C(=O)C2C3CCCC32)C1.Cl. The van der Waals surface area contributed by atoms with Gasteiger partial charge in [0.2, 0.25) is 5.91 Å². The largest absolute Gasteiger partial charge is 0.341 e. The average molecular weight is 245 g/mol. The molecular formula is C12H21ClN2O. The molecule has 1 aliphatic heterocycles. The van der Waals surface area contributed by atoms with E-state index in [2.05, 4.69) is 10.2 Å². The normalized spacial score (nSPS) is 40.4. The number of likely N-dealkylation sites (tertiary alicyclic amines) is 1. The average Bonchev–Trinajstić information content (AvgIpc) is 2.73. The van der Waals surface area contributed by atoms with Gasteiger partial charge in [-0.2, -0.15) is 0 Å². The number of likely N-dealkylation sites (N-methyl/N-ethyl adjacent to an activating group) is 1. The molecule has 2 aliphatic carbocycles. The molecule has 0 radical (unpaired) electrons. The second-order valence-corrected chi connectivity index (χ2v) is 5.34. The fourth-order valence-corrected chi connectivity index (χ4v) is 3.59. The van der Waals surface area contributed by atoms with Crippen LogP contribution in [0.15, 0.2) is 0 Å². The molecule has 1 amide bonds. The van der Waals surface area contributed by atoms with E-state index in [0.29, 0.717) is 17.9 Å². The van der Waals surface area contributed by atoms with Gasteiger partial charge >= 0.3 is 0 Å². The van der Waals surface area contributed by atoms with E-state index in [9.17, 15) is 4.79 Å². The maximum Gasteiger partial charge on any atom is 0.226 e. The van der Waals surface area contributed by atoms with Gasteiger partial charge in [-0.05, 0) is 38.1 Å². The summed E-state index contributed by atoms with van der Waals surface area (Å²) in [5.74, 6) is 2.43. The molecule has 92 valence electrons. The Balaban J connectivity index is 0.000000963. The first-order valence-corrected chi connectivity index (χ1v) is 6.27. The predicted octanol–water partition coefficient (Wildman–Crippen LogP) is 1.27. The van der Waals surface area contributed by atoms with Crippen LogP contribution in [0.25, 0.3) is 0 Å². The zero-order chi connectivity index (χ0) is 10.4. The topological polar surface area (TPSA) is 32.3 Å². The Hall–Kier alpha value is -0.280. The van der Waals surface area contributed by atoms with E-state index in [0.717, 1.165) is 31.3 Å². The van der Waals surface area contributed by atoms with Gasteiger partial charge in [0.25, 0.3) is 0 Å². The number of hydrogen-bond donors (Lipinski definition) is 1. The monoisotopic (exact) mass is 244 g/mol. The van der Waals surface area contributed by atoms with Gasteiger partial charge in [0.15, 0.2) is 0 Å². The standard InChI is InChI=1S/C12H20N2O.ClH/c1-13-8-5-6-14(7-8)12(15)11-9-3-2-4-10(9)11;/h8-11,13H,2-7H2,1H3;1H. The Bertz CT molecular complexity index is 274. The summed E-state index contributed by atoms with van der Waals surface area (Å²) in [7, 11) is 1.99. The Morgan fingerprint density at radius 1 is 1.25 bits per heavy atom. The van der Waals surface area contributed by atoms with Crippen molar-refractivity contribution in [2.45, 2.75) is 31.7 Å². The molecule has 3 nitrogen and oxygen atoms in total. The van der Waals surface area contributed by atoms with Gasteiger partial charge in [-0.15, -0.1) is 12.4 Å². The Morgan fingerprint density at radius 2 is 1.94 bits per heavy atom. The van der Waals surface area contributed by atoms with Crippen LogP contribution in [-0.2, 0) is 4.79 Å².